The molecule has 1 fully saturated rings. The van der Waals surface area contributed by atoms with Crippen molar-refractivity contribution in [2.75, 3.05) is 42.1 Å². The van der Waals surface area contributed by atoms with E-state index in [2.05, 4.69) is 25.5 Å². The van der Waals surface area contributed by atoms with E-state index in [1.54, 1.807) is 29.2 Å². The number of urea groups is 1. The molecule has 0 bridgehead atoms. The number of thioether (sulfide) groups is 1. The molecule has 3 amide bonds. The molecule has 2 heterocycles. The highest BCUT2D eigenvalue weighted by Crippen LogP contribution is 2.30. The van der Waals surface area contributed by atoms with Crippen LogP contribution in [-0.4, -0.2) is 64.8 Å². The first-order chi connectivity index (χ1) is 15.8. The second-order valence-electron chi connectivity index (χ2n) is 7.49. The Morgan fingerprint density at radius 3 is 2.73 bits per heavy atom. The van der Waals surface area contributed by atoms with Gasteiger partial charge in [-0.15, -0.1) is 0 Å². The van der Waals surface area contributed by atoms with Gasteiger partial charge in [-0.25, -0.2) is 14.8 Å². The number of halogens is 3. The number of nitrogens with zero attached hydrogens (tertiary/aromatic N) is 4. The monoisotopic (exact) mass is 530 g/mol. The topological polar surface area (TPSA) is 90.5 Å². The molecule has 2 aromatic rings. The van der Waals surface area contributed by atoms with E-state index in [1.165, 1.54) is 11.8 Å². The highest BCUT2D eigenvalue weighted by molar-refractivity contribution is 7.99. The van der Waals surface area contributed by atoms with Gasteiger partial charge in [0.25, 0.3) is 0 Å². The Morgan fingerprint density at radius 1 is 1.21 bits per heavy atom. The van der Waals surface area contributed by atoms with Gasteiger partial charge in [0, 0.05) is 38.3 Å². The summed E-state index contributed by atoms with van der Waals surface area (Å²) in [6.45, 7) is 6.20. The molecule has 0 saturated carbocycles. The van der Waals surface area contributed by atoms with Crippen LogP contribution in [0.25, 0.3) is 0 Å². The Labute approximate surface area is 212 Å². The van der Waals surface area contributed by atoms with Gasteiger partial charge in [0.1, 0.15) is 11.0 Å². The lowest BCUT2D eigenvalue weighted by molar-refractivity contribution is -0.118. The Morgan fingerprint density at radius 2 is 2.00 bits per heavy atom. The van der Waals surface area contributed by atoms with Crippen molar-refractivity contribution in [2.24, 2.45) is 0 Å². The number of rotatable bonds is 7. The second-order valence-corrected chi connectivity index (χ2v) is 9.60. The SMILES string of the molecule is CCCNC(=O)CSc1nc(Cl)cc(N2CCN(C(=O)Nc3cccc(Cl)c3Cl)C(C)C2)n1. The maximum Gasteiger partial charge on any atom is 0.322 e. The number of anilines is 2. The number of piperazine rings is 1. The average Bonchev–Trinajstić information content (AvgIpc) is 2.78. The van der Waals surface area contributed by atoms with E-state index in [9.17, 15) is 9.59 Å². The lowest BCUT2D eigenvalue weighted by Crippen LogP contribution is -2.55. The first-order valence-electron chi connectivity index (χ1n) is 10.5. The average molecular weight is 532 g/mol. The van der Waals surface area contributed by atoms with Crippen molar-refractivity contribution in [3.63, 3.8) is 0 Å². The van der Waals surface area contributed by atoms with Gasteiger partial charge in [-0.1, -0.05) is 59.6 Å². The van der Waals surface area contributed by atoms with Crippen LogP contribution in [0.1, 0.15) is 20.3 Å². The summed E-state index contributed by atoms with van der Waals surface area (Å²) in [6, 6.07) is 6.45. The van der Waals surface area contributed by atoms with Gasteiger partial charge in [0.05, 0.1) is 21.5 Å². The maximum atomic E-state index is 12.8. The molecule has 2 N–H and O–H groups in total. The molecule has 3 rings (SSSR count). The molecule has 8 nitrogen and oxygen atoms in total. The first kappa shape index (κ1) is 25.7. The van der Waals surface area contributed by atoms with Crippen molar-refractivity contribution in [1.29, 1.82) is 0 Å². The zero-order valence-corrected chi connectivity index (χ0v) is 21.4. The van der Waals surface area contributed by atoms with E-state index < -0.39 is 0 Å². The highest BCUT2D eigenvalue weighted by atomic mass is 35.5. The predicted molar refractivity (Wildman–Crippen MR) is 135 cm³/mol. The molecule has 0 spiro atoms. The van der Waals surface area contributed by atoms with E-state index in [0.717, 1.165) is 6.42 Å². The molecule has 178 valence electrons. The van der Waals surface area contributed by atoms with Crippen LogP contribution in [0.15, 0.2) is 29.4 Å². The molecule has 1 aliphatic heterocycles. The van der Waals surface area contributed by atoms with Crippen molar-refractivity contribution in [3.8, 4) is 0 Å². The minimum absolute atomic E-state index is 0.0694. The third-order valence-electron chi connectivity index (χ3n) is 4.97. The number of aromatic nitrogens is 2. The Hall–Kier alpha value is -1.94. The van der Waals surface area contributed by atoms with E-state index in [1.807, 2.05) is 13.8 Å². The van der Waals surface area contributed by atoms with E-state index in [4.69, 9.17) is 34.8 Å². The van der Waals surface area contributed by atoms with Crippen molar-refractivity contribution < 1.29 is 9.59 Å². The zero-order valence-electron chi connectivity index (χ0n) is 18.3. The molecule has 1 aromatic carbocycles. The number of nitrogens with one attached hydrogen (secondary N) is 2. The van der Waals surface area contributed by atoms with Gasteiger partial charge in [-0.3, -0.25) is 4.79 Å². The normalized spacial score (nSPS) is 16.0. The van der Waals surface area contributed by atoms with Crippen molar-refractivity contribution in [1.82, 2.24) is 20.2 Å². The van der Waals surface area contributed by atoms with Gasteiger partial charge < -0.3 is 20.4 Å². The van der Waals surface area contributed by atoms with Gasteiger partial charge in [-0.05, 0) is 25.5 Å². The summed E-state index contributed by atoms with van der Waals surface area (Å²) in [7, 11) is 0. The molecule has 1 aromatic heterocycles. The Balaban J connectivity index is 1.62. The summed E-state index contributed by atoms with van der Waals surface area (Å²) in [6.07, 6.45) is 0.878. The van der Waals surface area contributed by atoms with E-state index >= 15 is 0 Å². The summed E-state index contributed by atoms with van der Waals surface area (Å²) in [5.41, 5.74) is 0.469. The van der Waals surface area contributed by atoms with Crippen LogP contribution < -0.4 is 15.5 Å². The Bertz CT molecular complexity index is 1010. The highest BCUT2D eigenvalue weighted by Gasteiger charge is 2.29. The molecular formula is C21H25Cl3N6O2S. The lowest BCUT2D eigenvalue weighted by atomic mass is 10.2. The third-order valence-corrected chi connectivity index (χ3v) is 6.83. The zero-order chi connectivity index (χ0) is 24.0. The number of amides is 3. The molecule has 1 saturated heterocycles. The standard InChI is InChI=1S/C21H25Cl3N6O2S/c1-3-7-25-18(31)12-33-20-27-16(23)10-17(28-20)29-8-9-30(13(2)11-29)21(32)26-15-6-4-5-14(22)19(15)24/h4-6,10,13H,3,7-9,11-12H2,1-2H3,(H,25,31)(H,26,32). The summed E-state index contributed by atoms with van der Waals surface area (Å²) >= 11 is 19.7. The van der Waals surface area contributed by atoms with Crippen LogP contribution in [0.2, 0.25) is 15.2 Å². The number of hydrogen-bond donors (Lipinski definition) is 2. The van der Waals surface area contributed by atoms with Crippen LogP contribution in [0.5, 0.6) is 0 Å². The summed E-state index contributed by atoms with van der Waals surface area (Å²) in [5, 5.41) is 7.08. The summed E-state index contributed by atoms with van der Waals surface area (Å²) < 4.78 is 0. The van der Waals surface area contributed by atoms with Crippen LogP contribution in [0.4, 0.5) is 16.3 Å². The summed E-state index contributed by atoms with van der Waals surface area (Å²) in [4.78, 5) is 37.3. The fourth-order valence-electron chi connectivity index (χ4n) is 3.31. The smallest absolute Gasteiger partial charge is 0.322 e. The molecule has 0 radical (unpaired) electrons. The fraction of sp³-hybridized carbons (Fsp3) is 0.429. The second kappa shape index (κ2) is 12.0. The van der Waals surface area contributed by atoms with Gasteiger partial charge in [-0.2, -0.15) is 0 Å². The predicted octanol–water partition coefficient (Wildman–Crippen LogP) is 4.80. The van der Waals surface area contributed by atoms with Crippen LogP contribution in [0, 0.1) is 0 Å². The summed E-state index contributed by atoms with van der Waals surface area (Å²) in [5.74, 6) is 0.812. The molecular weight excluding hydrogens is 507 g/mol. The minimum atomic E-state index is -0.249. The first-order valence-corrected chi connectivity index (χ1v) is 12.6. The number of hydrogen-bond acceptors (Lipinski definition) is 6. The van der Waals surface area contributed by atoms with Crippen LogP contribution in [0.3, 0.4) is 0 Å². The fourth-order valence-corrected chi connectivity index (χ4v) is 4.57. The quantitative estimate of drug-likeness (QED) is 0.303. The van der Waals surface area contributed by atoms with Crippen molar-refractivity contribution >= 4 is 70.0 Å². The Kier molecular flexibility index (Phi) is 9.31. The number of benzene rings is 1. The van der Waals surface area contributed by atoms with E-state index in [0.29, 0.717) is 58.0 Å². The van der Waals surface area contributed by atoms with Crippen LogP contribution in [-0.2, 0) is 4.79 Å². The molecule has 12 heteroatoms. The molecule has 1 atom stereocenters. The molecule has 33 heavy (non-hydrogen) atoms. The molecule has 1 aliphatic rings. The number of carbonyl (C=O) groups excluding carboxylic acids is 2. The number of carbonyl (C=O) groups is 2. The van der Waals surface area contributed by atoms with Crippen LogP contribution >= 0.6 is 46.6 Å². The third kappa shape index (κ3) is 7.02. The molecule has 1 unspecified atom stereocenters. The minimum Gasteiger partial charge on any atom is -0.355 e. The lowest BCUT2D eigenvalue weighted by Gasteiger charge is -2.40. The van der Waals surface area contributed by atoms with E-state index in [-0.39, 0.29) is 23.7 Å². The van der Waals surface area contributed by atoms with Gasteiger partial charge in [0.15, 0.2) is 5.16 Å². The largest absolute Gasteiger partial charge is 0.355 e. The van der Waals surface area contributed by atoms with Gasteiger partial charge in [0.2, 0.25) is 5.91 Å². The van der Waals surface area contributed by atoms with Crippen molar-refractivity contribution in [3.05, 3.63) is 39.5 Å². The van der Waals surface area contributed by atoms with Crippen molar-refractivity contribution in [2.45, 2.75) is 31.5 Å². The van der Waals surface area contributed by atoms with Gasteiger partial charge >= 0.3 is 6.03 Å². The maximum absolute atomic E-state index is 12.8. The molecule has 0 aliphatic carbocycles.